The lowest BCUT2D eigenvalue weighted by Gasteiger charge is -2.24. The maximum absolute atomic E-state index is 5.57. The van der Waals surface area contributed by atoms with E-state index >= 15 is 0 Å². The van der Waals surface area contributed by atoms with E-state index in [-0.39, 0.29) is 0 Å². The number of hydrogen-bond donors (Lipinski definition) is 2. The van der Waals surface area contributed by atoms with Crippen LogP contribution in [0.2, 0.25) is 0 Å². The monoisotopic (exact) mass is 200 g/mol. The normalized spacial score (nSPS) is 14.4. The van der Waals surface area contributed by atoms with E-state index in [2.05, 4.69) is 33.0 Å². The summed E-state index contributed by atoms with van der Waals surface area (Å²) in [6.07, 6.45) is 4.88. The minimum Gasteiger partial charge on any atom is -0.330 e. The molecule has 0 aliphatic rings. The lowest BCUT2D eigenvalue weighted by Crippen LogP contribution is -2.27. The number of hydrogen-bond acceptors (Lipinski definition) is 2. The van der Waals surface area contributed by atoms with E-state index in [0.717, 1.165) is 19.5 Å². The summed E-state index contributed by atoms with van der Waals surface area (Å²) in [4.78, 5) is 0. The molecule has 0 fully saturated rings. The minimum absolute atomic E-state index is 0.423. The average molecular weight is 200 g/mol. The predicted molar refractivity (Wildman–Crippen MR) is 64.4 cm³/mol. The summed E-state index contributed by atoms with van der Waals surface area (Å²) in [7, 11) is 0. The molecule has 1 unspecified atom stereocenters. The third-order valence-electron chi connectivity index (χ3n) is 2.96. The van der Waals surface area contributed by atoms with Crippen molar-refractivity contribution in [1.82, 2.24) is 5.32 Å². The van der Waals surface area contributed by atoms with Gasteiger partial charge in [0.25, 0.3) is 0 Å². The van der Waals surface area contributed by atoms with E-state index in [1.807, 2.05) is 0 Å². The highest BCUT2D eigenvalue weighted by atomic mass is 14.9. The maximum Gasteiger partial charge on any atom is 0.00360 e. The fourth-order valence-electron chi connectivity index (χ4n) is 1.58. The van der Waals surface area contributed by atoms with Crippen LogP contribution < -0.4 is 11.1 Å². The molecule has 0 saturated carbocycles. The van der Waals surface area contributed by atoms with Crippen LogP contribution in [-0.2, 0) is 0 Å². The molecule has 0 aliphatic heterocycles. The summed E-state index contributed by atoms with van der Waals surface area (Å²) in [5.41, 5.74) is 6.00. The van der Waals surface area contributed by atoms with Gasteiger partial charge in [0.05, 0.1) is 0 Å². The lowest BCUT2D eigenvalue weighted by molar-refractivity contribution is 0.299. The summed E-state index contributed by atoms with van der Waals surface area (Å²) in [6, 6.07) is 0.660. The zero-order chi connectivity index (χ0) is 11.0. The fraction of sp³-hybridized carbons (Fsp3) is 1.00. The van der Waals surface area contributed by atoms with E-state index in [0.29, 0.717) is 11.5 Å². The van der Waals surface area contributed by atoms with E-state index in [1.165, 1.54) is 19.3 Å². The van der Waals surface area contributed by atoms with Crippen molar-refractivity contribution in [2.45, 2.75) is 59.4 Å². The number of nitrogens with two attached hydrogens (primary N) is 1. The van der Waals surface area contributed by atoms with Crippen LogP contribution in [0.4, 0.5) is 0 Å². The van der Waals surface area contributed by atoms with Gasteiger partial charge < -0.3 is 11.1 Å². The third kappa shape index (κ3) is 7.34. The Bertz CT molecular complexity index is 132. The molecule has 0 aliphatic carbocycles. The Balaban J connectivity index is 3.43. The largest absolute Gasteiger partial charge is 0.330 e. The van der Waals surface area contributed by atoms with Crippen molar-refractivity contribution in [3.63, 3.8) is 0 Å². The standard InChI is InChI=1S/C12H28N2/c1-5-11(2)14-10-6-7-12(3,4)8-9-13/h11,14H,5-10,13H2,1-4H3. The number of nitrogens with one attached hydrogen (secondary N) is 1. The first-order valence-electron chi connectivity index (χ1n) is 5.95. The number of rotatable bonds is 8. The topological polar surface area (TPSA) is 38.0 Å². The SMILES string of the molecule is CCC(C)NCCCC(C)(C)CCN. The summed E-state index contributed by atoms with van der Waals surface area (Å²) >= 11 is 0. The molecule has 0 aromatic rings. The first-order valence-corrected chi connectivity index (χ1v) is 5.95. The molecule has 0 amide bonds. The van der Waals surface area contributed by atoms with Crippen molar-refractivity contribution < 1.29 is 0 Å². The van der Waals surface area contributed by atoms with E-state index in [9.17, 15) is 0 Å². The highest BCUT2D eigenvalue weighted by molar-refractivity contribution is 4.70. The molecule has 0 radical (unpaired) electrons. The molecule has 14 heavy (non-hydrogen) atoms. The van der Waals surface area contributed by atoms with Crippen LogP contribution >= 0.6 is 0 Å². The van der Waals surface area contributed by atoms with Gasteiger partial charge in [-0.25, -0.2) is 0 Å². The van der Waals surface area contributed by atoms with Crippen LogP contribution in [0.1, 0.15) is 53.4 Å². The van der Waals surface area contributed by atoms with Gasteiger partial charge >= 0.3 is 0 Å². The van der Waals surface area contributed by atoms with Crippen LogP contribution in [-0.4, -0.2) is 19.1 Å². The molecular weight excluding hydrogens is 172 g/mol. The van der Waals surface area contributed by atoms with Gasteiger partial charge in [0.15, 0.2) is 0 Å². The van der Waals surface area contributed by atoms with Crippen molar-refractivity contribution >= 4 is 0 Å². The van der Waals surface area contributed by atoms with Crippen LogP contribution in [0.25, 0.3) is 0 Å². The first-order chi connectivity index (χ1) is 6.52. The average Bonchev–Trinajstić information content (AvgIpc) is 2.12. The molecule has 0 saturated heterocycles. The molecule has 2 nitrogen and oxygen atoms in total. The Hall–Kier alpha value is -0.0800. The van der Waals surface area contributed by atoms with Gasteiger partial charge in [-0.1, -0.05) is 20.8 Å². The molecule has 0 aromatic heterocycles. The first kappa shape index (κ1) is 13.9. The van der Waals surface area contributed by atoms with Crippen molar-refractivity contribution in [3.05, 3.63) is 0 Å². The highest BCUT2D eigenvalue weighted by Gasteiger charge is 2.15. The second kappa shape index (κ2) is 7.24. The van der Waals surface area contributed by atoms with Gasteiger partial charge in [-0.05, 0) is 51.1 Å². The van der Waals surface area contributed by atoms with E-state index < -0.39 is 0 Å². The molecule has 3 N–H and O–H groups in total. The van der Waals surface area contributed by atoms with E-state index in [1.54, 1.807) is 0 Å². The fourth-order valence-corrected chi connectivity index (χ4v) is 1.58. The molecule has 1 atom stereocenters. The Kier molecular flexibility index (Phi) is 7.20. The van der Waals surface area contributed by atoms with Crippen LogP contribution in [0, 0.1) is 5.41 Å². The summed E-state index contributed by atoms with van der Waals surface area (Å²) in [5, 5.41) is 3.52. The van der Waals surface area contributed by atoms with Crippen molar-refractivity contribution in [1.29, 1.82) is 0 Å². The molecule has 2 heteroatoms. The summed E-state index contributed by atoms with van der Waals surface area (Å²) < 4.78 is 0. The smallest absolute Gasteiger partial charge is 0.00360 e. The van der Waals surface area contributed by atoms with Gasteiger partial charge in [-0.15, -0.1) is 0 Å². The Morgan fingerprint density at radius 2 is 1.93 bits per heavy atom. The summed E-state index contributed by atoms with van der Waals surface area (Å²) in [5.74, 6) is 0. The molecule has 0 spiro atoms. The maximum atomic E-state index is 5.57. The predicted octanol–water partition coefficient (Wildman–Crippen LogP) is 2.53. The zero-order valence-corrected chi connectivity index (χ0v) is 10.4. The molecule has 0 bridgehead atoms. The van der Waals surface area contributed by atoms with Gasteiger partial charge in [0.1, 0.15) is 0 Å². The second-order valence-electron chi connectivity index (χ2n) is 5.07. The van der Waals surface area contributed by atoms with Crippen LogP contribution in [0.3, 0.4) is 0 Å². The molecule has 0 rings (SSSR count). The highest BCUT2D eigenvalue weighted by Crippen LogP contribution is 2.25. The molecule has 86 valence electrons. The zero-order valence-electron chi connectivity index (χ0n) is 10.4. The van der Waals surface area contributed by atoms with Crippen molar-refractivity contribution in [3.8, 4) is 0 Å². The van der Waals surface area contributed by atoms with Gasteiger partial charge in [-0.2, -0.15) is 0 Å². The lowest BCUT2D eigenvalue weighted by atomic mass is 9.84. The quantitative estimate of drug-likeness (QED) is 0.591. The third-order valence-corrected chi connectivity index (χ3v) is 2.96. The van der Waals surface area contributed by atoms with Crippen molar-refractivity contribution in [2.75, 3.05) is 13.1 Å². The van der Waals surface area contributed by atoms with Crippen LogP contribution in [0.5, 0.6) is 0 Å². The molecule has 0 heterocycles. The Morgan fingerprint density at radius 3 is 2.43 bits per heavy atom. The Labute approximate surface area is 89.6 Å². The van der Waals surface area contributed by atoms with Gasteiger partial charge in [0, 0.05) is 6.04 Å². The second-order valence-corrected chi connectivity index (χ2v) is 5.07. The van der Waals surface area contributed by atoms with Crippen LogP contribution in [0.15, 0.2) is 0 Å². The van der Waals surface area contributed by atoms with Gasteiger partial charge in [0.2, 0.25) is 0 Å². The Morgan fingerprint density at radius 1 is 1.29 bits per heavy atom. The van der Waals surface area contributed by atoms with Gasteiger partial charge in [-0.3, -0.25) is 0 Å². The minimum atomic E-state index is 0.423. The molecule has 0 aromatic carbocycles. The van der Waals surface area contributed by atoms with E-state index in [4.69, 9.17) is 5.73 Å². The summed E-state index contributed by atoms with van der Waals surface area (Å²) in [6.45, 7) is 11.0. The molecular formula is C12H28N2. The van der Waals surface area contributed by atoms with Crippen molar-refractivity contribution in [2.24, 2.45) is 11.1 Å².